The fourth-order valence-corrected chi connectivity index (χ4v) is 3.44. The van der Waals surface area contributed by atoms with E-state index in [0.717, 1.165) is 28.6 Å². The van der Waals surface area contributed by atoms with Gasteiger partial charge in [0.2, 0.25) is 0 Å². The van der Waals surface area contributed by atoms with E-state index in [1.54, 1.807) is 17.5 Å². The van der Waals surface area contributed by atoms with Crippen LogP contribution in [0.25, 0.3) is 11.3 Å². The Labute approximate surface area is 145 Å². The summed E-state index contributed by atoms with van der Waals surface area (Å²) < 4.78 is 1.90. The number of aromatic nitrogens is 3. The third kappa shape index (κ3) is 3.47. The molecule has 2 aromatic heterocycles. The second kappa shape index (κ2) is 6.83. The molecule has 2 heterocycles. The summed E-state index contributed by atoms with van der Waals surface area (Å²) in [6.07, 6.45) is 1.69. The molecule has 0 N–H and O–H groups in total. The van der Waals surface area contributed by atoms with Gasteiger partial charge in [-0.05, 0) is 14.0 Å². The van der Waals surface area contributed by atoms with Crippen LogP contribution in [0.5, 0.6) is 0 Å². The van der Waals surface area contributed by atoms with Gasteiger partial charge in [-0.1, -0.05) is 41.9 Å². The molecule has 3 rings (SSSR count). The number of hydrogen-bond donors (Lipinski definition) is 0. The molecule has 23 heavy (non-hydrogen) atoms. The monoisotopic (exact) mass is 346 g/mol. The van der Waals surface area contributed by atoms with Gasteiger partial charge in [0.25, 0.3) is 0 Å². The largest absolute Gasteiger partial charge is 0.321 e. The maximum Gasteiger partial charge on any atom is 0.128 e. The lowest BCUT2D eigenvalue weighted by Gasteiger charge is -2.22. The van der Waals surface area contributed by atoms with Gasteiger partial charge in [0.1, 0.15) is 16.0 Å². The maximum atomic E-state index is 6.05. The number of benzene rings is 1. The van der Waals surface area contributed by atoms with Crippen molar-refractivity contribution in [3.05, 3.63) is 57.9 Å². The minimum atomic E-state index is 0.216. The summed E-state index contributed by atoms with van der Waals surface area (Å²) in [6, 6.07) is 10.5. The lowest BCUT2D eigenvalue weighted by atomic mass is 10.2. The molecule has 0 amide bonds. The second-order valence-corrected chi connectivity index (χ2v) is 6.86. The molecule has 0 saturated carbocycles. The summed E-state index contributed by atoms with van der Waals surface area (Å²) in [7, 11) is 4.01. The highest BCUT2D eigenvalue weighted by atomic mass is 35.5. The van der Waals surface area contributed by atoms with E-state index in [9.17, 15) is 0 Å². The first-order valence-corrected chi connectivity index (χ1v) is 8.69. The average Bonchev–Trinajstić information content (AvgIpc) is 3.18. The molecule has 6 heteroatoms. The van der Waals surface area contributed by atoms with Crippen LogP contribution in [0.15, 0.2) is 41.9 Å². The Bertz CT molecular complexity index is 781. The fraction of sp³-hybridized carbons (Fsp3) is 0.294. The molecule has 0 aliphatic carbocycles. The van der Waals surface area contributed by atoms with E-state index in [4.69, 9.17) is 16.6 Å². The van der Waals surface area contributed by atoms with Gasteiger partial charge in [-0.15, -0.1) is 11.3 Å². The molecule has 1 unspecified atom stereocenters. The van der Waals surface area contributed by atoms with Gasteiger partial charge in [-0.25, -0.2) is 9.97 Å². The second-order valence-electron chi connectivity index (χ2n) is 5.58. The molecule has 0 spiro atoms. The first-order valence-electron chi connectivity index (χ1n) is 7.43. The quantitative estimate of drug-likeness (QED) is 0.687. The molecule has 0 aliphatic rings. The molecule has 0 radical (unpaired) electrons. The SMILES string of the molecule is CC(c1nc(-c2ccccc2)cs1)N(C)Cc1ncc(Cl)n1C. The summed E-state index contributed by atoms with van der Waals surface area (Å²) in [6.45, 7) is 2.89. The van der Waals surface area contributed by atoms with E-state index in [1.807, 2.05) is 29.8 Å². The van der Waals surface area contributed by atoms with Crippen LogP contribution in [0.3, 0.4) is 0 Å². The van der Waals surface area contributed by atoms with Gasteiger partial charge in [0.15, 0.2) is 0 Å². The average molecular weight is 347 g/mol. The van der Waals surface area contributed by atoms with Crippen LogP contribution in [0, 0.1) is 0 Å². The van der Waals surface area contributed by atoms with E-state index in [0.29, 0.717) is 5.15 Å². The van der Waals surface area contributed by atoms with Crippen LogP contribution in [0.1, 0.15) is 23.8 Å². The number of imidazole rings is 1. The Balaban J connectivity index is 1.74. The van der Waals surface area contributed by atoms with Crippen LogP contribution in [-0.2, 0) is 13.6 Å². The summed E-state index contributed by atoms with van der Waals surface area (Å²) >= 11 is 7.75. The molecule has 4 nitrogen and oxygen atoms in total. The van der Waals surface area contributed by atoms with E-state index in [1.165, 1.54) is 0 Å². The minimum Gasteiger partial charge on any atom is -0.321 e. The van der Waals surface area contributed by atoms with Crippen molar-refractivity contribution in [1.82, 2.24) is 19.4 Å². The topological polar surface area (TPSA) is 34.0 Å². The number of thiazole rings is 1. The van der Waals surface area contributed by atoms with Crippen LogP contribution in [-0.4, -0.2) is 26.5 Å². The normalized spacial score (nSPS) is 12.7. The third-order valence-corrected chi connectivity index (χ3v) is 5.39. The zero-order valence-electron chi connectivity index (χ0n) is 13.4. The van der Waals surface area contributed by atoms with Crippen molar-refractivity contribution in [1.29, 1.82) is 0 Å². The van der Waals surface area contributed by atoms with Gasteiger partial charge < -0.3 is 4.57 Å². The predicted octanol–water partition coefficient (Wildman–Crippen LogP) is 4.39. The predicted molar refractivity (Wildman–Crippen MR) is 95.7 cm³/mol. The molecule has 0 aliphatic heterocycles. The van der Waals surface area contributed by atoms with Crippen molar-refractivity contribution in [3.63, 3.8) is 0 Å². The fourth-order valence-electron chi connectivity index (χ4n) is 2.34. The zero-order chi connectivity index (χ0) is 16.4. The highest BCUT2D eigenvalue weighted by Crippen LogP contribution is 2.28. The molecular formula is C17H19ClN4S. The van der Waals surface area contributed by atoms with Crippen molar-refractivity contribution in [2.45, 2.75) is 19.5 Å². The van der Waals surface area contributed by atoms with Gasteiger partial charge in [0, 0.05) is 18.0 Å². The standard InChI is InChI=1S/C17H19ClN4S/c1-12(21(2)10-16-19-9-15(18)22(16)3)17-20-14(11-23-17)13-7-5-4-6-8-13/h4-9,11-12H,10H2,1-3H3. The minimum absolute atomic E-state index is 0.216. The first-order chi connectivity index (χ1) is 11.1. The number of rotatable bonds is 5. The van der Waals surface area contributed by atoms with Crippen molar-refractivity contribution in [2.75, 3.05) is 7.05 Å². The summed E-state index contributed by atoms with van der Waals surface area (Å²) in [4.78, 5) is 11.4. The maximum absolute atomic E-state index is 6.05. The third-order valence-electron chi connectivity index (χ3n) is 4.03. The van der Waals surface area contributed by atoms with Crippen molar-refractivity contribution in [3.8, 4) is 11.3 Å². The van der Waals surface area contributed by atoms with Crippen LogP contribution in [0.4, 0.5) is 0 Å². The number of halogens is 1. The first kappa shape index (κ1) is 16.2. The van der Waals surface area contributed by atoms with Crippen LogP contribution < -0.4 is 0 Å². The van der Waals surface area contributed by atoms with Gasteiger partial charge >= 0.3 is 0 Å². The number of nitrogens with zero attached hydrogens (tertiary/aromatic N) is 4. The Hall–Kier alpha value is -1.69. The van der Waals surface area contributed by atoms with Gasteiger partial charge in [0.05, 0.1) is 24.5 Å². The molecule has 0 bridgehead atoms. The Morgan fingerprint density at radius 3 is 2.70 bits per heavy atom. The van der Waals surface area contributed by atoms with Crippen molar-refractivity contribution in [2.24, 2.45) is 7.05 Å². The lowest BCUT2D eigenvalue weighted by Crippen LogP contribution is -2.23. The van der Waals surface area contributed by atoms with Crippen LogP contribution >= 0.6 is 22.9 Å². The Kier molecular flexibility index (Phi) is 4.80. The summed E-state index contributed by atoms with van der Waals surface area (Å²) in [5, 5.41) is 3.88. The smallest absolute Gasteiger partial charge is 0.128 e. The Morgan fingerprint density at radius 1 is 1.30 bits per heavy atom. The van der Waals surface area contributed by atoms with Gasteiger partial charge in [-0.2, -0.15) is 0 Å². The van der Waals surface area contributed by atoms with Crippen LogP contribution in [0.2, 0.25) is 5.15 Å². The van der Waals surface area contributed by atoms with E-state index in [-0.39, 0.29) is 6.04 Å². The molecule has 3 aromatic rings. The highest BCUT2D eigenvalue weighted by molar-refractivity contribution is 7.10. The molecule has 1 aromatic carbocycles. The molecule has 0 fully saturated rings. The molecular weight excluding hydrogens is 328 g/mol. The van der Waals surface area contributed by atoms with E-state index < -0.39 is 0 Å². The molecule has 120 valence electrons. The van der Waals surface area contributed by atoms with E-state index >= 15 is 0 Å². The molecule has 0 saturated heterocycles. The Morgan fingerprint density at radius 2 is 2.04 bits per heavy atom. The zero-order valence-corrected chi connectivity index (χ0v) is 15.0. The lowest BCUT2D eigenvalue weighted by molar-refractivity contribution is 0.244. The number of hydrogen-bond acceptors (Lipinski definition) is 4. The van der Waals surface area contributed by atoms with Crippen molar-refractivity contribution >= 4 is 22.9 Å². The molecule has 1 atom stereocenters. The highest BCUT2D eigenvalue weighted by Gasteiger charge is 2.18. The van der Waals surface area contributed by atoms with Crippen molar-refractivity contribution < 1.29 is 0 Å². The summed E-state index contributed by atoms with van der Waals surface area (Å²) in [5.41, 5.74) is 2.19. The summed E-state index contributed by atoms with van der Waals surface area (Å²) in [5.74, 6) is 0.948. The van der Waals surface area contributed by atoms with Gasteiger partial charge in [-0.3, -0.25) is 4.90 Å². The van der Waals surface area contributed by atoms with E-state index in [2.05, 4.69) is 41.4 Å².